The van der Waals surface area contributed by atoms with Gasteiger partial charge in [0.05, 0.1) is 5.56 Å². The van der Waals surface area contributed by atoms with E-state index in [0.717, 1.165) is 17.9 Å². The largest absolute Gasteiger partial charge is 0.478 e. The normalized spacial score (nSPS) is 26.6. The van der Waals surface area contributed by atoms with Crippen LogP contribution in [0.1, 0.15) is 41.6 Å². The zero-order valence-electron chi connectivity index (χ0n) is 11.8. The summed E-state index contributed by atoms with van der Waals surface area (Å²) >= 11 is 0. The van der Waals surface area contributed by atoms with Crippen LogP contribution in [0.3, 0.4) is 0 Å². The van der Waals surface area contributed by atoms with Crippen LogP contribution in [0.15, 0.2) is 24.3 Å². The van der Waals surface area contributed by atoms with Crippen molar-refractivity contribution in [3.63, 3.8) is 0 Å². The summed E-state index contributed by atoms with van der Waals surface area (Å²) in [4.78, 5) is 22.7. The van der Waals surface area contributed by atoms with Crippen LogP contribution in [-0.4, -0.2) is 23.1 Å². The maximum atomic E-state index is 11.9. The molecule has 0 heterocycles. The van der Waals surface area contributed by atoms with E-state index in [2.05, 4.69) is 10.6 Å². The fourth-order valence-corrected chi connectivity index (χ4v) is 3.59. The summed E-state index contributed by atoms with van der Waals surface area (Å²) in [6.45, 7) is 0.409. The second-order valence-corrected chi connectivity index (χ2v) is 6.11. The van der Waals surface area contributed by atoms with E-state index >= 15 is 0 Å². The van der Waals surface area contributed by atoms with Crippen LogP contribution in [0, 0.1) is 11.8 Å². The molecule has 2 aliphatic rings. The van der Waals surface area contributed by atoms with Gasteiger partial charge in [-0.05, 0) is 48.8 Å². The molecule has 5 heteroatoms. The molecule has 5 nitrogen and oxygen atoms in total. The van der Waals surface area contributed by atoms with Gasteiger partial charge in [-0.15, -0.1) is 0 Å². The topological polar surface area (TPSA) is 78.4 Å². The van der Waals surface area contributed by atoms with Crippen LogP contribution >= 0.6 is 0 Å². The lowest BCUT2D eigenvalue weighted by Crippen LogP contribution is -2.44. The van der Waals surface area contributed by atoms with E-state index in [4.69, 9.17) is 5.11 Å². The van der Waals surface area contributed by atoms with Crippen LogP contribution in [0.2, 0.25) is 0 Å². The highest BCUT2D eigenvalue weighted by molar-refractivity contribution is 5.87. The molecule has 2 saturated carbocycles. The standard InChI is InChI=1S/C16H20N2O3/c19-15(20)12-4-1-10(2-5-12)9-17-16(21)18-14-8-11-3-6-13(14)7-11/h1-2,4-5,11,13-14H,3,6-9H2,(H,19,20)(H2,17,18,21). The molecule has 1 aromatic rings. The first-order valence-electron chi connectivity index (χ1n) is 7.48. The minimum Gasteiger partial charge on any atom is -0.478 e. The first-order chi connectivity index (χ1) is 10.1. The van der Waals surface area contributed by atoms with Crippen molar-refractivity contribution in [3.05, 3.63) is 35.4 Å². The van der Waals surface area contributed by atoms with E-state index in [1.807, 2.05) is 0 Å². The number of carboxylic acid groups (broad SMARTS) is 1. The number of carboxylic acids is 1. The van der Waals surface area contributed by atoms with E-state index in [9.17, 15) is 9.59 Å². The van der Waals surface area contributed by atoms with Gasteiger partial charge in [-0.25, -0.2) is 9.59 Å². The number of benzene rings is 1. The number of fused-ring (bicyclic) bond motifs is 2. The maximum Gasteiger partial charge on any atom is 0.335 e. The van der Waals surface area contributed by atoms with Gasteiger partial charge in [0.1, 0.15) is 0 Å². The van der Waals surface area contributed by atoms with Gasteiger partial charge < -0.3 is 15.7 Å². The molecular weight excluding hydrogens is 268 g/mol. The fraction of sp³-hybridized carbons (Fsp3) is 0.500. The van der Waals surface area contributed by atoms with Crippen molar-refractivity contribution in [2.45, 2.75) is 38.3 Å². The Morgan fingerprint density at radius 3 is 2.48 bits per heavy atom. The molecule has 2 fully saturated rings. The summed E-state index contributed by atoms with van der Waals surface area (Å²) in [7, 11) is 0. The molecule has 3 atom stereocenters. The van der Waals surface area contributed by atoms with Gasteiger partial charge >= 0.3 is 12.0 Å². The number of urea groups is 1. The Balaban J connectivity index is 1.46. The molecule has 2 bridgehead atoms. The molecule has 0 aliphatic heterocycles. The summed E-state index contributed by atoms with van der Waals surface area (Å²) in [6, 6.07) is 6.75. The van der Waals surface area contributed by atoms with Crippen LogP contribution < -0.4 is 10.6 Å². The lowest BCUT2D eigenvalue weighted by atomic mass is 9.95. The van der Waals surface area contributed by atoms with E-state index in [0.29, 0.717) is 18.5 Å². The number of carbonyl (C=O) groups is 2. The average Bonchev–Trinajstić information content (AvgIpc) is 3.08. The predicted molar refractivity (Wildman–Crippen MR) is 78.0 cm³/mol. The first kappa shape index (κ1) is 13.9. The number of aromatic carboxylic acids is 1. The van der Waals surface area contributed by atoms with Crippen molar-refractivity contribution in [2.75, 3.05) is 0 Å². The average molecular weight is 288 g/mol. The van der Waals surface area contributed by atoms with Crippen LogP contribution in [0.4, 0.5) is 4.79 Å². The van der Waals surface area contributed by atoms with Crippen molar-refractivity contribution in [1.82, 2.24) is 10.6 Å². The van der Waals surface area contributed by atoms with Crippen molar-refractivity contribution < 1.29 is 14.7 Å². The van der Waals surface area contributed by atoms with E-state index in [-0.39, 0.29) is 11.6 Å². The van der Waals surface area contributed by atoms with Gasteiger partial charge in [0.25, 0.3) is 0 Å². The smallest absolute Gasteiger partial charge is 0.335 e. The van der Waals surface area contributed by atoms with E-state index in [1.54, 1.807) is 24.3 Å². The predicted octanol–water partition coefficient (Wildman–Crippen LogP) is 2.37. The molecule has 21 heavy (non-hydrogen) atoms. The van der Waals surface area contributed by atoms with E-state index in [1.165, 1.54) is 19.3 Å². The van der Waals surface area contributed by atoms with Crippen molar-refractivity contribution in [1.29, 1.82) is 0 Å². The molecule has 1 aromatic carbocycles. The Morgan fingerprint density at radius 1 is 1.14 bits per heavy atom. The molecule has 0 radical (unpaired) electrons. The zero-order valence-corrected chi connectivity index (χ0v) is 11.8. The number of hydrogen-bond donors (Lipinski definition) is 3. The van der Waals surface area contributed by atoms with Gasteiger partial charge in [-0.1, -0.05) is 18.6 Å². The maximum absolute atomic E-state index is 11.9. The van der Waals surface area contributed by atoms with E-state index < -0.39 is 5.97 Å². The highest BCUT2D eigenvalue weighted by atomic mass is 16.4. The number of carbonyl (C=O) groups excluding carboxylic acids is 1. The van der Waals surface area contributed by atoms with Gasteiger partial charge in [0, 0.05) is 12.6 Å². The molecule has 0 aromatic heterocycles. The first-order valence-corrected chi connectivity index (χ1v) is 7.48. The molecule has 3 unspecified atom stereocenters. The molecule has 3 rings (SSSR count). The SMILES string of the molecule is O=C(NCc1ccc(C(=O)O)cc1)NC1CC2CCC1C2. The molecule has 0 saturated heterocycles. The van der Waals surface area contributed by atoms with Crippen LogP contribution in [0.5, 0.6) is 0 Å². The van der Waals surface area contributed by atoms with Gasteiger partial charge in [-0.2, -0.15) is 0 Å². The lowest BCUT2D eigenvalue weighted by Gasteiger charge is -2.23. The molecule has 3 N–H and O–H groups in total. The Bertz CT molecular complexity index is 541. The number of hydrogen-bond acceptors (Lipinski definition) is 2. The third kappa shape index (κ3) is 3.17. The van der Waals surface area contributed by atoms with Crippen molar-refractivity contribution >= 4 is 12.0 Å². The third-order valence-electron chi connectivity index (χ3n) is 4.71. The quantitative estimate of drug-likeness (QED) is 0.796. The molecule has 112 valence electrons. The molecule has 0 spiro atoms. The Labute approximate surface area is 123 Å². The second-order valence-electron chi connectivity index (χ2n) is 6.11. The Kier molecular flexibility index (Phi) is 3.82. The van der Waals surface area contributed by atoms with Crippen molar-refractivity contribution in [3.8, 4) is 0 Å². The highest BCUT2D eigenvalue weighted by Crippen LogP contribution is 2.44. The third-order valence-corrected chi connectivity index (χ3v) is 4.71. The number of amides is 2. The van der Waals surface area contributed by atoms with Crippen LogP contribution in [0.25, 0.3) is 0 Å². The lowest BCUT2D eigenvalue weighted by molar-refractivity contribution is 0.0697. The minimum absolute atomic E-state index is 0.130. The summed E-state index contributed by atoms with van der Waals surface area (Å²) in [6.07, 6.45) is 4.94. The fourth-order valence-electron chi connectivity index (χ4n) is 3.59. The number of rotatable bonds is 4. The van der Waals surface area contributed by atoms with Crippen LogP contribution in [-0.2, 0) is 6.54 Å². The molecule has 2 aliphatic carbocycles. The monoisotopic (exact) mass is 288 g/mol. The summed E-state index contributed by atoms with van der Waals surface area (Å²) in [5, 5.41) is 14.7. The van der Waals surface area contributed by atoms with Gasteiger partial charge in [0.2, 0.25) is 0 Å². The van der Waals surface area contributed by atoms with Gasteiger partial charge in [-0.3, -0.25) is 0 Å². The summed E-state index contributed by atoms with van der Waals surface area (Å²) in [5.41, 5.74) is 1.15. The summed E-state index contributed by atoms with van der Waals surface area (Å²) < 4.78 is 0. The summed E-state index contributed by atoms with van der Waals surface area (Å²) in [5.74, 6) is 0.531. The Hall–Kier alpha value is -2.04. The Morgan fingerprint density at radius 2 is 1.90 bits per heavy atom. The highest BCUT2D eigenvalue weighted by Gasteiger charge is 2.40. The number of nitrogens with one attached hydrogen (secondary N) is 2. The van der Waals surface area contributed by atoms with Gasteiger partial charge in [0.15, 0.2) is 0 Å². The molecule has 2 amide bonds. The molecular formula is C16H20N2O3. The second kappa shape index (κ2) is 5.76. The zero-order chi connectivity index (χ0) is 14.8. The van der Waals surface area contributed by atoms with Crippen molar-refractivity contribution in [2.24, 2.45) is 11.8 Å². The minimum atomic E-state index is -0.941.